The summed E-state index contributed by atoms with van der Waals surface area (Å²) in [7, 11) is 0. The highest BCUT2D eigenvalue weighted by atomic mass is 19.1. The lowest BCUT2D eigenvalue weighted by Crippen LogP contribution is -2.14. The molecule has 0 bridgehead atoms. The average molecular weight is 223 g/mol. The van der Waals surface area contributed by atoms with E-state index in [0.29, 0.717) is 23.9 Å². The minimum absolute atomic E-state index is 0.00250. The molecule has 84 valence electrons. The molecule has 0 aromatic carbocycles. The third-order valence-corrected chi connectivity index (χ3v) is 2.47. The van der Waals surface area contributed by atoms with Gasteiger partial charge < -0.3 is 4.98 Å². The van der Waals surface area contributed by atoms with Crippen molar-refractivity contribution in [3.05, 3.63) is 27.7 Å². The quantitative estimate of drug-likeness (QED) is 0.790. The van der Waals surface area contributed by atoms with Gasteiger partial charge in [0, 0.05) is 6.54 Å². The second kappa shape index (κ2) is 3.88. The lowest BCUT2D eigenvalue weighted by Gasteiger charge is -2.03. The Morgan fingerprint density at radius 1 is 1.62 bits per heavy atom. The van der Waals surface area contributed by atoms with Crippen LogP contribution in [-0.2, 0) is 13.2 Å². The summed E-state index contributed by atoms with van der Waals surface area (Å²) in [6, 6.07) is 0. The average Bonchev–Trinajstić information content (AvgIpc) is 2.71. The van der Waals surface area contributed by atoms with Crippen molar-refractivity contribution in [2.45, 2.75) is 20.1 Å². The lowest BCUT2D eigenvalue weighted by molar-refractivity contribution is 0.112. The summed E-state index contributed by atoms with van der Waals surface area (Å²) in [5, 5.41) is 4.28. The van der Waals surface area contributed by atoms with E-state index in [2.05, 4.69) is 10.1 Å². The molecule has 2 aromatic heterocycles. The van der Waals surface area contributed by atoms with Gasteiger partial charge in [-0.05, 0) is 6.92 Å². The molecule has 2 heterocycles. The molecule has 0 amide bonds. The number of nitrogens with zero attached hydrogens (tertiary/aromatic N) is 2. The number of aromatic amines is 1. The number of rotatable bonds is 3. The van der Waals surface area contributed by atoms with Crippen molar-refractivity contribution in [2.75, 3.05) is 0 Å². The number of halogens is 1. The van der Waals surface area contributed by atoms with E-state index in [0.717, 1.165) is 0 Å². The van der Waals surface area contributed by atoms with E-state index in [1.807, 2.05) is 6.92 Å². The normalized spacial score (nSPS) is 10.9. The van der Waals surface area contributed by atoms with Gasteiger partial charge in [0.15, 0.2) is 6.29 Å². The van der Waals surface area contributed by atoms with Gasteiger partial charge in [0.2, 0.25) is 5.43 Å². The number of carbonyl (C=O) groups is 1. The van der Waals surface area contributed by atoms with Crippen molar-refractivity contribution < 1.29 is 9.18 Å². The van der Waals surface area contributed by atoms with Crippen LogP contribution in [0.4, 0.5) is 4.39 Å². The molecular weight excluding hydrogens is 213 g/mol. The minimum Gasteiger partial charge on any atom is -0.340 e. The van der Waals surface area contributed by atoms with Crippen LogP contribution in [-0.4, -0.2) is 21.1 Å². The number of aldehydes is 1. The Balaban J connectivity index is 2.89. The van der Waals surface area contributed by atoms with Gasteiger partial charge in [-0.1, -0.05) is 0 Å². The summed E-state index contributed by atoms with van der Waals surface area (Å²) in [6.45, 7) is 1.53. The zero-order chi connectivity index (χ0) is 11.7. The minimum atomic E-state index is -0.881. The van der Waals surface area contributed by atoms with Crippen LogP contribution in [0.2, 0.25) is 0 Å². The molecule has 0 aliphatic rings. The van der Waals surface area contributed by atoms with Crippen LogP contribution in [0.3, 0.4) is 0 Å². The first-order valence-corrected chi connectivity index (χ1v) is 4.84. The van der Waals surface area contributed by atoms with E-state index in [1.165, 1.54) is 6.20 Å². The number of pyridine rings is 1. The number of carbonyl (C=O) groups excluding carboxylic acids is 1. The van der Waals surface area contributed by atoms with Gasteiger partial charge in [-0.2, -0.15) is 5.10 Å². The van der Waals surface area contributed by atoms with E-state index in [9.17, 15) is 14.0 Å². The number of aryl methyl sites for hydroxylation is 1. The van der Waals surface area contributed by atoms with Crippen molar-refractivity contribution in [1.82, 2.24) is 14.8 Å². The molecular formula is C10H10FN3O2. The van der Waals surface area contributed by atoms with Crippen molar-refractivity contribution in [2.24, 2.45) is 0 Å². The van der Waals surface area contributed by atoms with Crippen LogP contribution >= 0.6 is 0 Å². The number of fused-ring (bicyclic) bond motifs is 1. The third-order valence-electron chi connectivity index (χ3n) is 2.47. The summed E-state index contributed by atoms with van der Waals surface area (Å²) in [6.07, 6.45) is 1.75. The van der Waals surface area contributed by atoms with E-state index in [-0.39, 0.29) is 11.3 Å². The van der Waals surface area contributed by atoms with Gasteiger partial charge in [0.25, 0.3) is 0 Å². The molecule has 5 nitrogen and oxygen atoms in total. The van der Waals surface area contributed by atoms with Crippen LogP contribution in [0.5, 0.6) is 0 Å². The SMILES string of the molecule is CCn1ncc2c(=O)c(C=O)c(CF)[nH]c21. The molecule has 0 saturated heterocycles. The highest BCUT2D eigenvalue weighted by Gasteiger charge is 2.14. The van der Waals surface area contributed by atoms with Gasteiger partial charge >= 0.3 is 0 Å². The Kier molecular flexibility index (Phi) is 2.55. The van der Waals surface area contributed by atoms with Gasteiger partial charge in [-0.3, -0.25) is 9.59 Å². The lowest BCUT2D eigenvalue weighted by atomic mass is 10.2. The molecule has 0 spiro atoms. The monoisotopic (exact) mass is 223 g/mol. The predicted molar refractivity (Wildman–Crippen MR) is 56.2 cm³/mol. The molecule has 0 unspecified atom stereocenters. The maximum Gasteiger partial charge on any atom is 0.203 e. The van der Waals surface area contributed by atoms with E-state index < -0.39 is 12.1 Å². The summed E-state index contributed by atoms with van der Waals surface area (Å²) >= 11 is 0. The van der Waals surface area contributed by atoms with Crippen molar-refractivity contribution in [1.29, 1.82) is 0 Å². The van der Waals surface area contributed by atoms with Crippen LogP contribution in [0, 0.1) is 0 Å². The first-order valence-electron chi connectivity index (χ1n) is 4.84. The van der Waals surface area contributed by atoms with Gasteiger partial charge in [0.1, 0.15) is 12.3 Å². The van der Waals surface area contributed by atoms with Crippen molar-refractivity contribution in [3.63, 3.8) is 0 Å². The summed E-state index contributed by atoms with van der Waals surface area (Å²) < 4.78 is 14.2. The fraction of sp³-hybridized carbons (Fsp3) is 0.300. The topological polar surface area (TPSA) is 67.8 Å². The maximum atomic E-state index is 12.7. The van der Waals surface area contributed by atoms with E-state index >= 15 is 0 Å². The summed E-state index contributed by atoms with van der Waals surface area (Å²) in [5.41, 5.74) is -0.185. The standard InChI is InChI=1S/C10H10FN3O2/c1-2-14-10-6(4-12-14)9(16)7(5-15)8(3-11)13-10/h4-5H,2-3H2,1H3,(H,13,16). The number of nitrogens with one attached hydrogen (secondary N) is 1. The van der Waals surface area contributed by atoms with Gasteiger partial charge in [-0.25, -0.2) is 9.07 Å². The number of alkyl halides is 1. The van der Waals surface area contributed by atoms with Gasteiger partial charge in [-0.15, -0.1) is 0 Å². The molecule has 6 heteroatoms. The molecule has 1 N–H and O–H groups in total. The number of aromatic nitrogens is 3. The fourth-order valence-corrected chi connectivity index (χ4v) is 1.65. The van der Waals surface area contributed by atoms with Crippen LogP contribution < -0.4 is 5.43 Å². The Labute approximate surface area is 89.9 Å². The summed E-state index contributed by atoms with van der Waals surface area (Å²) in [4.78, 5) is 25.2. The Morgan fingerprint density at radius 2 is 2.38 bits per heavy atom. The summed E-state index contributed by atoms with van der Waals surface area (Å²) in [5.74, 6) is 0. The largest absolute Gasteiger partial charge is 0.340 e. The number of hydrogen-bond donors (Lipinski definition) is 1. The molecule has 2 aromatic rings. The number of H-pyrrole nitrogens is 1. The second-order valence-electron chi connectivity index (χ2n) is 3.32. The van der Waals surface area contributed by atoms with E-state index in [4.69, 9.17) is 0 Å². The van der Waals surface area contributed by atoms with E-state index in [1.54, 1.807) is 4.68 Å². The molecule has 2 rings (SSSR count). The van der Waals surface area contributed by atoms with Crippen LogP contribution in [0.1, 0.15) is 23.0 Å². The zero-order valence-corrected chi connectivity index (χ0v) is 8.66. The predicted octanol–water partition coefficient (Wildman–Crippen LogP) is 1.03. The molecule has 0 atom stereocenters. The first-order chi connectivity index (χ1) is 7.72. The molecule has 0 radical (unpaired) electrons. The van der Waals surface area contributed by atoms with Crippen molar-refractivity contribution >= 4 is 17.3 Å². The molecule has 16 heavy (non-hydrogen) atoms. The Hall–Kier alpha value is -1.98. The Morgan fingerprint density at radius 3 is 2.94 bits per heavy atom. The zero-order valence-electron chi connectivity index (χ0n) is 8.66. The Bertz CT molecular complexity index is 600. The first kappa shape index (κ1) is 10.5. The fourth-order valence-electron chi connectivity index (χ4n) is 1.65. The van der Waals surface area contributed by atoms with Crippen LogP contribution in [0.25, 0.3) is 11.0 Å². The molecule has 0 saturated carbocycles. The third kappa shape index (κ3) is 1.34. The smallest absolute Gasteiger partial charge is 0.203 e. The van der Waals surface area contributed by atoms with Crippen molar-refractivity contribution in [3.8, 4) is 0 Å². The molecule has 0 fully saturated rings. The molecule has 0 aliphatic carbocycles. The van der Waals surface area contributed by atoms with Crippen LogP contribution in [0.15, 0.2) is 11.0 Å². The highest BCUT2D eigenvalue weighted by molar-refractivity contribution is 5.85. The molecule has 0 aliphatic heterocycles. The second-order valence-corrected chi connectivity index (χ2v) is 3.32. The highest BCUT2D eigenvalue weighted by Crippen LogP contribution is 2.11. The maximum absolute atomic E-state index is 12.7. The van der Waals surface area contributed by atoms with Gasteiger partial charge in [0.05, 0.1) is 22.8 Å². The number of hydrogen-bond acceptors (Lipinski definition) is 3.